The Morgan fingerprint density at radius 3 is 2.45 bits per heavy atom. The van der Waals surface area contributed by atoms with Gasteiger partial charge in [0.25, 0.3) is 0 Å². The van der Waals surface area contributed by atoms with Gasteiger partial charge in [0, 0.05) is 16.8 Å². The van der Waals surface area contributed by atoms with Gasteiger partial charge in [-0.1, -0.05) is 57.1 Å². The average Bonchev–Trinajstić information content (AvgIpc) is 2.93. The highest BCUT2D eigenvalue weighted by Gasteiger charge is 2.33. The Morgan fingerprint density at radius 2 is 1.64 bits per heavy atom. The summed E-state index contributed by atoms with van der Waals surface area (Å²) < 4.78 is 1.10. The molecule has 1 aliphatic heterocycles. The molecule has 2 heterocycles. The Bertz CT molecular complexity index is 889. The molecule has 0 aliphatic carbocycles. The molecule has 3 aromatic rings. The molecule has 0 saturated carbocycles. The van der Waals surface area contributed by atoms with Crippen LogP contribution in [0.25, 0.3) is 11.1 Å². The van der Waals surface area contributed by atoms with Gasteiger partial charge in [-0.05, 0) is 32.0 Å². The van der Waals surface area contributed by atoms with E-state index in [-0.39, 0.29) is 5.54 Å². The molecule has 4 rings (SSSR count). The summed E-state index contributed by atoms with van der Waals surface area (Å²) in [4.78, 5) is 6.25. The van der Waals surface area contributed by atoms with Crippen molar-refractivity contribution in [3.8, 4) is 11.1 Å². The van der Waals surface area contributed by atoms with Crippen molar-refractivity contribution in [3.05, 3.63) is 64.1 Å². The maximum Gasteiger partial charge on any atom is 0.135 e. The normalized spacial score (nSPS) is 15.8. The third-order valence-corrected chi connectivity index (χ3v) is 6.48. The van der Waals surface area contributed by atoms with Crippen LogP contribution < -0.4 is 9.99 Å². The number of anilines is 1. The first-order valence-electron chi connectivity index (χ1n) is 7.26. The van der Waals surface area contributed by atoms with Gasteiger partial charge < -0.3 is 5.32 Å². The Hall–Kier alpha value is -1.91. The average molecular weight is 324 g/mol. The first-order valence-corrected chi connectivity index (χ1v) is 9.41. The summed E-state index contributed by atoms with van der Waals surface area (Å²) in [5.74, 6) is 0. The molecule has 1 N–H and O–H groups in total. The molecule has 22 heavy (non-hydrogen) atoms. The molecular formula is C18H16N2S2. The van der Waals surface area contributed by atoms with Crippen LogP contribution in [0.2, 0.25) is 0 Å². The fourth-order valence-corrected chi connectivity index (χ4v) is 5.75. The highest BCUT2D eigenvalue weighted by atomic mass is 32.9. The van der Waals surface area contributed by atoms with Crippen LogP contribution in [0.5, 0.6) is 0 Å². The van der Waals surface area contributed by atoms with E-state index in [9.17, 15) is 0 Å². The molecule has 0 fully saturated rings. The van der Waals surface area contributed by atoms with E-state index in [1.165, 1.54) is 21.7 Å². The molecule has 0 saturated heterocycles. The first kappa shape index (κ1) is 13.7. The Balaban J connectivity index is 2.00. The van der Waals surface area contributed by atoms with E-state index < -0.39 is 0 Å². The minimum atomic E-state index is -0.0602. The van der Waals surface area contributed by atoms with Crippen molar-refractivity contribution in [1.82, 2.24) is 0 Å². The lowest BCUT2D eigenvalue weighted by Gasteiger charge is -2.33. The quantitative estimate of drug-likeness (QED) is 0.598. The van der Waals surface area contributed by atoms with E-state index in [1.54, 1.807) is 10.3 Å². The highest BCUT2D eigenvalue weighted by Crippen LogP contribution is 2.45. The molecule has 0 bridgehead atoms. The monoisotopic (exact) mass is 324 g/mol. The van der Waals surface area contributed by atoms with Crippen LogP contribution in [-0.4, -0.2) is 0 Å². The lowest BCUT2D eigenvalue weighted by atomic mass is 9.90. The Morgan fingerprint density at radius 1 is 0.909 bits per heavy atom. The van der Waals surface area contributed by atoms with Crippen molar-refractivity contribution in [2.24, 2.45) is 4.99 Å². The number of nitrogens with zero attached hydrogens (tertiary/aromatic N) is 1. The van der Waals surface area contributed by atoms with E-state index in [1.807, 2.05) is 28.5 Å². The first-order chi connectivity index (χ1) is 10.6. The molecule has 0 amide bonds. The Labute approximate surface area is 137 Å². The summed E-state index contributed by atoms with van der Waals surface area (Å²) in [5.41, 5.74) is 4.68. The predicted octanol–water partition coefficient (Wildman–Crippen LogP) is 5.37. The Kier molecular flexibility index (Phi) is 3.17. The van der Waals surface area contributed by atoms with E-state index >= 15 is 0 Å². The fourth-order valence-electron chi connectivity index (χ4n) is 2.81. The summed E-state index contributed by atoms with van der Waals surface area (Å²) in [6.45, 7) is 4.47. The van der Waals surface area contributed by atoms with E-state index in [2.05, 4.69) is 55.6 Å². The van der Waals surface area contributed by atoms with Gasteiger partial charge in [0.15, 0.2) is 0 Å². The number of hydrogen-bond acceptors (Lipinski definition) is 4. The van der Waals surface area contributed by atoms with Gasteiger partial charge in [-0.15, -0.1) is 0 Å². The minimum Gasteiger partial charge on any atom is -0.375 e. The molecule has 110 valence electrons. The smallest absolute Gasteiger partial charge is 0.135 e. The van der Waals surface area contributed by atoms with Crippen LogP contribution >= 0.6 is 20.7 Å². The van der Waals surface area contributed by atoms with Crippen molar-refractivity contribution in [1.29, 1.82) is 0 Å². The van der Waals surface area contributed by atoms with Crippen LogP contribution in [0.4, 0.5) is 11.4 Å². The van der Waals surface area contributed by atoms with E-state index in [0.29, 0.717) is 0 Å². The van der Waals surface area contributed by atoms with Gasteiger partial charge >= 0.3 is 0 Å². The number of hydrogen-bond donors (Lipinski definition) is 1. The molecule has 0 radical (unpaired) electrons. The van der Waals surface area contributed by atoms with Crippen LogP contribution in [0.3, 0.4) is 0 Å². The molecule has 0 atom stereocenters. The van der Waals surface area contributed by atoms with Gasteiger partial charge in [0.05, 0.1) is 16.1 Å². The van der Waals surface area contributed by atoms with Crippen LogP contribution in [0.15, 0.2) is 59.6 Å². The van der Waals surface area contributed by atoms with Gasteiger partial charge in [-0.25, -0.2) is 4.99 Å². The second-order valence-electron chi connectivity index (χ2n) is 5.92. The van der Waals surface area contributed by atoms with Gasteiger partial charge in [-0.3, -0.25) is 0 Å². The summed E-state index contributed by atoms with van der Waals surface area (Å²) in [7, 11) is 3.59. The largest absolute Gasteiger partial charge is 0.375 e. The molecule has 0 unspecified atom stereocenters. The zero-order valence-corrected chi connectivity index (χ0v) is 14.1. The standard InChI is InChI=1S/C18H16N2S2/c1-18(2)16-15(13-10-6-7-11-14(13)20-18)17(22-21-16)19-12-8-4-3-5-9-12/h3-11,20H,1-2H3. The van der Waals surface area contributed by atoms with E-state index in [0.717, 1.165) is 10.4 Å². The van der Waals surface area contributed by atoms with Crippen molar-refractivity contribution in [3.63, 3.8) is 0 Å². The molecule has 4 heteroatoms. The number of nitrogens with one attached hydrogen (secondary N) is 1. The van der Waals surface area contributed by atoms with Crippen molar-refractivity contribution in [2.45, 2.75) is 19.4 Å². The van der Waals surface area contributed by atoms with Gasteiger partial charge in [0.2, 0.25) is 0 Å². The molecule has 2 aromatic carbocycles. The summed E-state index contributed by atoms with van der Waals surface area (Å²) in [6.07, 6.45) is 0. The molecule has 0 spiro atoms. The molecule has 1 aromatic heterocycles. The predicted molar refractivity (Wildman–Crippen MR) is 95.9 cm³/mol. The number of rotatable bonds is 1. The minimum absolute atomic E-state index is 0.0602. The van der Waals surface area contributed by atoms with Crippen molar-refractivity contribution < 1.29 is 0 Å². The lowest BCUT2D eigenvalue weighted by Crippen LogP contribution is -2.31. The molecular weight excluding hydrogens is 308 g/mol. The van der Waals surface area contributed by atoms with Crippen LogP contribution in [-0.2, 0) is 5.54 Å². The second-order valence-corrected chi connectivity index (χ2v) is 8.05. The van der Waals surface area contributed by atoms with Crippen molar-refractivity contribution >= 4 is 32.1 Å². The summed E-state index contributed by atoms with van der Waals surface area (Å²) >= 11 is 0. The number of benzene rings is 2. The SMILES string of the molecule is CC1(C)Nc2ccccc2-c2c1ssc2=Nc1ccccc1. The summed E-state index contributed by atoms with van der Waals surface area (Å²) in [5, 5.41) is 3.65. The topological polar surface area (TPSA) is 24.4 Å². The summed E-state index contributed by atoms with van der Waals surface area (Å²) in [6, 6.07) is 18.7. The third-order valence-electron chi connectivity index (χ3n) is 3.84. The zero-order valence-electron chi connectivity index (χ0n) is 12.5. The maximum absolute atomic E-state index is 4.88. The fraction of sp³-hybridized carbons (Fsp3) is 0.167. The van der Waals surface area contributed by atoms with Gasteiger partial charge in [0.1, 0.15) is 4.67 Å². The third kappa shape index (κ3) is 2.19. The maximum atomic E-state index is 4.88. The van der Waals surface area contributed by atoms with E-state index in [4.69, 9.17) is 4.99 Å². The second kappa shape index (κ2) is 5.07. The lowest BCUT2D eigenvalue weighted by molar-refractivity contribution is 0.619. The van der Waals surface area contributed by atoms with Crippen LogP contribution in [0, 0.1) is 0 Å². The number of fused-ring (bicyclic) bond motifs is 3. The zero-order chi connectivity index (χ0) is 15.2. The highest BCUT2D eigenvalue weighted by molar-refractivity contribution is 7.68. The number of para-hydroxylation sites is 2. The molecule has 2 nitrogen and oxygen atoms in total. The molecule has 1 aliphatic rings. The van der Waals surface area contributed by atoms with Gasteiger partial charge in [-0.2, -0.15) is 0 Å². The van der Waals surface area contributed by atoms with Crippen LogP contribution in [0.1, 0.15) is 18.7 Å². The van der Waals surface area contributed by atoms with Crippen molar-refractivity contribution in [2.75, 3.05) is 5.32 Å².